The third kappa shape index (κ3) is 16.1. The molecule has 0 bridgehead atoms. The molecule has 2 aromatic rings. The number of ether oxygens (including phenoxy) is 2. The van der Waals surface area contributed by atoms with Crippen LogP contribution < -0.4 is 16.4 Å². The molecule has 0 fully saturated rings. The topological polar surface area (TPSA) is 144 Å². The molecule has 0 heterocycles. The number of primary amides is 1. The van der Waals surface area contributed by atoms with Crippen LogP contribution >= 0.6 is 0 Å². The van der Waals surface area contributed by atoms with Crippen LogP contribution in [0.4, 0.5) is 35.9 Å². The first-order valence-corrected chi connectivity index (χ1v) is 11.0. The van der Waals surface area contributed by atoms with Gasteiger partial charge in [0.1, 0.15) is 12.1 Å². The molecule has 15 heteroatoms. The van der Waals surface area contributed by atoms with E-state index < -0.39 is 55.7 Å². The van der Waals surface area contributed by atoms with E-state index in [4.69, 9.17) is 11.0 Å². The molecule has 0 spiro atoms. The Labute approximate surface area is 218 Å². The predicted molar refractivity (Wildman–Crippen MR) is 124 cm³/mol. The van der Waals surface area contributed by atoms with E-state index in [2.05, 4.69) is 14.8 Å². The zero-order valence-electron chi connectivity index (χ0n) is 20.1. The molecule has 9 nitrogen and oxygen atoms in total. The molecule has 2 aromatic carbocycles. The number of alkyl carbamates (subject to hydrolysis) is 2. The number of nitrogens with one attached hydrogen (secondary N) is 2. The molecule has 212 valence electrons. The minimum atomic E-state index is -4.63. The van der Waals surface area contributed by atoms with Crippen LogP contribution in [0.25, 0.3) is 0 Å². The van der Waals surface area contributed by atoms with E-state index in [-0.39, 0.29) is 12.8 Å². The largest absolute Gasteiger partial charge is 0.440 e. The standard InChI is InChI=1S/C12H13F3N2O3.C12H11F3N2O2/c13-12(14,15)7-20-11(19)17-9(10(16)18)6-8-4-2-1-3-5-8;13-12(14,15)8-19-11(18)17-10(7-16)6-9-4-2-1-3-5-9/h1-5,9H,6-7H2,(H2,16,18)(H,17,19);1-5,10H,6,8H2,(H,17,18)/t9-;10-/m00/s1. The van der Waals surface area contributed by atoms with Crippen LogP contribution in [0.1, 0.15) is 11.1 Å². The van der Waals surface area contributed by atoms with Gasteiger partial charge in [-0.05, 0) is 11.1 Å². The van der Waals surface area contributed by atoms with Crippen molar-refractivity contribution in [2.45, 2.75) is 37.3 Å². The lowest BCUT2D eigenvalue weighted by Gasteiger charge is -2.16. The Bertz CT molecular complexity index is 1090. The number of amides is 3. The van der Waals surface area contributed by atoms with Crippen molar-refractivity contribution in [3.8, 4) is 6.07 Å². The normalized spacial score (nSPS) is 12.4. The van der Waals surface area contributed by atoms with Gasteiger partial charge in [-0.1, -0.05) is 60.7 Å². The molecular formula is C24H24F6N4O5. The molecule has 0 saturated carbocycles. The number of nitrogens with zero attached hydrogens (tertiary/aromatic N) is 1. The minimum absolute atomic E-state index is 0.0668. The summed E-state index contributed by atoms with van der Waals surface area (Å²) in [6.07, 6.45) is -11.6. The molecule has 3 amide bonds. The molecule has 0 aliphatic carbocycles. The molecule has 0 aromatic heterocycles. The van der Waals surface area contributed by atoms with Crippen molar-refractivity contribution in [2.75, 3.05) is 13.2 Å². The fraction of sp³-hybridized carbons (Fsp3) is 0.333. The molecular weight excluding hydrogens is 538 g/mol. The third-order valence-electron chi connectivity index (χ3n) is 4.38. The van der Waals surface area contributed by atoms with E-state index in [0.717, 1.165) is 5.56 Å². The summed E-state index contributed by atoms with van der Waals surface area (Å²) in [6, 6.07) is 17.1. The molecule has 4 N–H and O–H groups in total. The van der Waals surface area contributed by atoms with E-state index in [1.165, 1.54) is 0 Å². The molecule has 0 saturated heterocycles. The van der Waals surface area contributed by atoms with Gasteiger partial charge in [-0.25, -0.2) is 9.59 Å². The number of hydrogen-bond donors (Lipinski definition) is 3. The molecule has 2 rings (SSSR count). The smallest absolute Gasteiger partial charge is 0.422 e. The number of benzene rings is 2. The number of alkyl halides is 6. The van der Waals surface area contributed by atoms with Crippen LogP contribution in [0.2, 0.25) is 0 Å². The number of rotatable bonds is 9. The number of nitrogens with two attached hydrogens (primary N) is 1. The fourth-order valence-corrected chi connectivity index (χ4v) is 2.71. The number of carbonyl (C=O) groups is 3. The first-order chi connectivity index (χ1) is 18.2. The summed E-state index contributed by atoms with van der Waals surface area (Å²) in [6.45, 7) is -3.40. The lowest BCUT2D eigenvalue weighted by atomic mass is 10.1. The minimum Gasteiger partial charge on any atom is -0.440 e. The maximum Gasteiger partial charge on any atom is 0.422 e. The highest BCUT2D eigenvalue weighted by atomic mass is 19.4. The van der Waals surface area contributed by atoms with Crippen molar-refractivity contribution >= 4 is 18.1 Å². The van der Waals surface area contributed by atoms with Gasteiger partial charge in [-0.15, -0.1) is 0 Å². The van der Waals surface area contributed by atoms with Crippen molar-refractivity contribution in [1.82, 2.24) is 10.6 Å². The van der Waals surface area contributed by atoms with Crippen LogP contribution in [-0.2, 0) is 27.1 Å². The highest BCUT2D eigenvalue weighted by Gasteiger charge is 2.31. The zero-order valence-corrected chi connectivity index (χ0v) is 20.1. The summed E-state index contributed by atoms with van der Waals surface area (Å²) in [5, 5.41) is 12.9. The van der Waals surface area contributed by atoms with Gasteiger partial charge in [-0.3, -0.25) is 4.79 Å². The summed E-state index contributed by atoms with van der Waals surface area (Å²) in [4.78, 5) is 33.4. The molecule has 0 aliphatic heterocycles. The van der Waals surface area contributed by atoms with Crippen molar-refractivity contribution in [2.24, 2.45) is 5.73 Å². The zero-order chi connectivity index (χ0) is 29.5. The molecule has 39 heavy (non-hydrogen) atoms. The van der Waals surface area contributed by atoms with Gasteiger partial charge in [0.25, 0.3) is 0 Å². The van der Waals surface area contributed by atoms with Crippen LogP contribution in [0.15, 0.2) is 60.7 Å². The lowest BCUT2D eigenvalue weighted by Crippen LogP contribution is -2.46. The van der Waals surface area contributed by atoms with Gasteiger partial charge in [0, 0.05) is 12.8 Å². The Morgan fingerprint density at radius 1 is 0.769 bits per heavy atom. The fourth-order valence-electron chi connectivity index (χ4n) is 2.71. The van der Waals surface area contributed by atoms with Crippen molar-refractivity contribution < 1.29 is 50.2 Å². The monoisotopic (exact) mass is 562 g/mol. The van der Waals surface area contributed by atoms with Crippen LogP contribution in [0.3, 0.4) is 0 Å². The highest BCUT2D eigenvalue weighted by Crippen LogP contribution is 2.15. The SMILES string of the molecule is N#C[C@H](Cc1ccccc1)NC(=O)OCC(F)(F)F.NC(=O)[C@H](Cc1ccccc1)NC(=O)OCC(F)(F)F. The third-order valence-corrected chi connectivity index (χ3v) is 4.38. The molecule has 0 unspecified atom stereocenters. The van der Waals surface area contributed by atoms with E-state index in [9.17, 15) is 40.7 Å². The average molecular weight is 562 g/mol. The average Bonchev–Trinajstić information content (AvgIpc) is 2.86. The summed E-state index contributed by atoms with van der Waals surface area (Å²) in [5.74, 6) is -0.863. The highest BCUT2D eigenvalue weighted by molar-refractivity contribution is 5.84. The summed E-state index contributed by atoms with van der Waals surface area (Å²) in [7, 11) is 0. The van der Waals surface area contributed by atoms with E-state index >= 15 is 0 Å². The Kier molecular flexibility index (Phi) is 13.1. The van der Waals surface area contributed by atoms with Gasteiger partial charge in [0.2, 0.25) is 5.91 Å². The molecule has 0 radical (unpaired) electrons. The number of hydrogen-bond acceptors (Lipinski definition) is 6. The second-order valence-electron chi connectivity index (χ2n) is 7.69. The Balaban J connectivity index is 0.000000391. The van der Waals surface area contributed by atoms with Crippen LogP contribution in [0.5, 0.6) is 0 Å². The Morgan fingerprint density at radius 3 is 1.56 bits per heavy atom. The van der Waals surface area contributed by atoms with Crippen LogP contribution in [-0.4, -0.2) is 55.7 Å². The maximum absolute atomic E-state index is 11.9. The second-order valence-corrected chi connectivity index (χ2v) is 7.69. The van der Waals surface area contributed by atoms with Gasteiger partial charge >= 0.3 is 24.5 Å². The predicted octanol–water partition coefficient (Wildman–Crippen LogP) is 3.78. The quantitative estimate of drug-likeness (QED) is 0.397. The number of nitriles is 1. The Morgan fingerprint density at radius 2 is 1.18 bits per heavy atom. The van der Waals surface area contributed by atoms with Gasteiger partial charge in [0.05, 0.1) is 6.07 Å². The number of carbonyl (C=O) groups excluding carboxylic acids is 3. The summed E-state index contributed by atoms with van der Waals surface area (Å²) < 4.78 is 78.9. The number of halogens is 6. The first kappa shape index (κ1) is 32.5. The van der Waals surface area contributed by atoms with Crippen LogP contribution in [0, 0.1) is 11.3 Å². The van der Waals surface area contributed by atoms with E-state index in [0.29, 0.717) is 5.56 Å². The van der Waals surface area contributed by atoms with Crippen molar-refractivity contribution in [3.63, 3.8) is 0 Å². The van der Waals surface area contributed by atoms with Crippen molar-refractivity contribution in [1.29, 1.82) is 5.26 Å². The second kappa shape index (κ2) is 15.7. The molecule has 0 aliphatic rings. The van der Waals surface area contributed by atoms with Crippen molar-refractivity contribution in [3.05, 3.63) is 71.8 Å². The summed E-state index contributed by atoms with van der Waals surface area (Å²) >= 11 is 0. The lowest BCUT2D eigenvalue weighted by molar-refractivity contribution is -0.160. The van der Waals surface area contributed by atoms with Gasteiger partial charge in [-0.2, -0.15) is 31.6 Å². The van der Waals surface area contributed by atoms with Gasteiger partial charge in [0.15, 0.2) is 13.2 Å². The Hall–Kier alpha value is -4.48. The first-order valence-electron chi connectivity index (χ1n) is 11.0. The van der Waals surface area contributed by atoms with Gasteiger partial charge < -0.3 is 25.8 Å². The molecule has 2 atom stereocenters. The summed E-state index contributed by atoms with van der Waals surface area (Å²) in [5.41, 5.74) is 6.57. The van der Waals surface area contributed by atoms with E-state index in [1.807, 2.05) is 5.32 Å². The maximum atomic E-state index is 11.9. The van der Waals surface area contributed by atoms with E-state index in [1.54, 1.807) is 66.7 Å².